The van der Waals surface area contributed by atoms with Crippen molar-refractivity contribution >= 4 is 29.1 Å². The number of ether oxygens (including phenoxy) is 1. The molecule has 0 unspecified atom stereocenters. The van der Waals surface area contributed by atoms with Gasteiger partial charge in [0.15, 0.2) is 6.04 Å². The van der Waals surface area contributed by atoms with Crippen molar-refractivity contribution in [1.29, 1.82) is 0 Å². The molecule has 4 N–H and O–H groups in total. The molecule has 1 fully saturated rings. The zero-order valence-electron chi connectivity index (χ0n) is 16.6. The Balaban J connectivity index is 2.23. The second kappa shape index (κ2) is 9.27. The molecule has 1 heterocycles. The highest BCUT2D eigenvalue weighted by molar-refractivity contribution is 6.10. The van der Waals surface area contributed by atoms with Crippen LogP contribution in [0.5, 0.6) is 0 Å². The third-order valence-electron chi connectivity index (χ3n) is 4.21. The van der Waals surface area contributed by atoms with Gasteiger partial charge in [-0.1, -0.05) is 20.8 Å². The van der Waals surface area contributed by atoms with Gasteiger partial charge in [0.2, 0.25) is 5.91 Å². The topological polar surface area (TPSA) is 114 Å². The molecule has 1 aliphatic heterocycles. The first-order chi connectivity index (χ1) is 13.5. The van der Waals surface area contributed by atoms with E-state index >= 15 is 0 Å². The van der Waals surface area contributed by atoms with Crippen molar-refractivity contribution in [3.63, 3.8) is 0 Å². The summed E-state index contributed by atoms with van der Waals surface area (Å²) < 4.78 is 32.2. The Morgan fingerprint density at radius 2 is 2.00 bits per heavy atom. The van der Waals surface area contributed by atoms with Crippen molar-refractivity contribution in [1.82, 2.24) is 5.32 Å². The van der Waals surface area contributed by atoms with Gasteiger partial charge in [-0.15, -0.1) is 0 Å². The lowest BCUT2D eigenvalue weighted by atomic mass is 9.96. The molecule has 0 spiro atoms. The summed E-state index contributed by atoms with van der Waals surface area (Å²) >= 11 is 0. The number of nitrogens with two attached hydrogens (primary N) is 1. The number of alkyl halides is 2. The van der Waals surface area contributed by atoms with Crippen molar-refractivity contribution < 1.29 is 27.9 Å². The minimum absolute atomic E-state index is 0.123. The predicted molar refractivity (Wildman–Crippen MR) is 104 cm³/mol. The van der Waals surface area contributed by atoms with E-state index in [1.807, 2.05) is 20.8 Å². The Bertz CT molecular complexity index is 780. The van der Waals surface area contributed by atoms with Crippen LogP contribution in [0.15, 0.2) is 18.2 Å². The summed E-state index contributed by atoms with van der Waals surface area (Å²) in [6, 6.07) is 2.50. The first kappa shape index (κ1) is 22.7. The highest BCUT2D eigenvalue weighted by Crippen LogP contribution is 2.32. The first-order valence-electron chi connectivity index (χ1n) is 9.13. The Morgan fingerprint density at radius 1 is 1.31 bits per heavy atom. The third kappa shape index (κ3) is 6.20. The largest absolute Gasteiger partial charge is 0.370 e. The number of anilines is 2. The minimum Gasteiger partial charge on any atom is -0.370 e. The van der Waals surface area contributed by atoms with Gasteiger partial charge in [0.05, 0.1) is 6.61 Å². The Labute approximate surface area is 167 Å². The number of benzene rings is 1. The van der Waals surface area contributed by atoms with Gasteiger partial charge in [-0.25, -0.2) is 8.78 Å². The molecule has 0 aliphatic carbocycles. The molecule has 10 heteroatoms. The molecule has 1 saturated heterocycles. The van der Waals surface area contributed by atoms with Gasteiger partial charge in [-0.05, 0) is 23.6 Å². The van der Waals surface area contributed by atoms with Gasteiger partial charge in [0.1, 0.15) is 6.61 Å². The number of primary amides is 1. The fraction of sp³-hybridized carbons (Fsp3) is 0.526. The number of hydrogen-bond donors (Lipinski definition) is 3. The maximum absolute atomic E-state index is 13.6. The van der Waals surface area contributed by atoms with Crippen molar-refractivity contribution in [2.75, 3.05) is 36.5 Å². The smallest absolute Gasteiger partial charge is 0.265 e. The second-order valence-electron chi connectivity index (χ2n) is 7.94. The SMILES string of the molecule is CC(C)(C)CN[C@H](C(N)=O)C(=O)Nc1ccc(N2CCOCC2=O)cc1C(F)F. The predicted octanol–water partition coefficient (Wildman–Crippen LogP) is 1.42. The number of rotatable bonds is 7. The Hall–Kier alpha value is -2.59. The average Bonchev–Trinajstić information content (AvgIpc) is 2.61. The molecule has 160 valence electrons. The molecule has 3 amide bonds. The fourth-order valence-electron chi connectivity index (χ4n) is 2.74. The van der Waals surface area contributed by atoms with E-state index in [9.17, 15) is 23.2 Å². The van der Waals surface area contributed by atoms with E-state index in [1.165, 1.54) is 17.0 Å². The summed E-state index contributed by atoms with van der Waals surface area (Å²) in [6.45, 7) is 6.43. The number of morpholine rings is 1. The molecule has 0 radical (unpaired) electrons. The van der Waals surface area contributed by atoms with Crippen LogP contribution in [-0.4, -0.2) is 50.1 Å². The molecule has 1 atom stereocenters. The van der Waals surface area contributed by atoms with Crippen LogP contribution < -0.4 is 21.3 Å². The van der Waals surface area contributed by atoms with Crippen LogP contribution in [0.25, 0.3) is 0 Å². The maximum atomic E-state index is 13.6. The number of carbonyl (C=O) groups excluding carboxylic acids is 3. The van der Waals surface area contributed by atoms with E-state index in [1.54, 1.807) is 0 Å². The lowest BCUT2D eigenvalue weighted by Crippen LogP contribution is -2.51. The molecular weight excluding hydrogens is 386 g/mol. The highest BCUT2D eigenvalue weighted by Gasteiger charge is 2.28. The molecule has 1 aromatic rings. The van der Waals surface area contributed by atoms with Crippen molar-refractivity contribution in [2.45, 2.75) is 33.2 Å². The number of hydrogen-bond acceptors (Lipinski definition) is 5. The Kier molecular flexibility index (Phi) is 7.26. The lowest BCUT2D eigenvalue weighted by molar-refractivity contribution is -0.128. The Morgan fingerprint density at radius 3 is 2.55 bits per heavy atom. The van der Waals surface area contributed by atoms with E-state index in [2.05, 4.69) is 10.6 Å². The van der Waals surface area contributed by atoms with Gasteiger partial charge in [0.25, 0.3) is 18.2 Å². The van der Waals surface area contributed by atoms with Crippen molar-refractivity contribution in [3.05, 3.63) is 23.8 Å². The normalized spacial score (nSPS) is 16.1. The van der Waals surface area contributed by atoms with E-state index in [0.29, 0.717) is 13.2 Å². The number of amides is 3. The van der Waals surface area contributed by atoms with Crippen LogP contribution in [0.1, 0.15) is 32.8 Å². The summed E-state index contributed by atoms with van der Waals surface area (Å²) in [4.78, 5) is 37.4. The van der Waals surface area contributed by atoms with Gasteiger partial charge in [-0.3, -0.25) is 19.7 Å². The second-order valence-corrected chi connectivity index (χ2v) is 7.94. The number of carbonyl (C=O) groups is 3. The quantitative estimate of drug-likeness (QED) is 0.586. The van der Waals surface area contributed by atoms with Crippen LogP contribution in [0.4, 0.5) is 20.2 Å². The van der Waals surface area contributed by atoms with Crippen LogP contribution in [0, 0.1) is 5.41 Å². The molecule has 29 heavy (non-hydrogen) atoms. The van der Waals surface area contributed by atoms with Gasteiger partial charge < -0.3 is 20.7 Å². The minimum atomic E-state index is -2.91. The molecule has 0 aromatic heterocycles. The maximum Gasteiger partial charge on any atom is 0.265 e. The highest BCUT2D eigenvalue weighted by atomic mass is 19.3. The monoisotopic (exact) mass is 412 g/mol. The van der Waals surface area contributed by atoms with Gasteiger partial charge in [0, 0.05) is 30.0 Å². The summed E-state index contributed by atoms with van der Waals surface area (Å²) in [5, 5.41) is 5.10. The van der Waals surface area contributed by atoms with Crippen molar-refractivity contribution in [3.8, 4) is 0 Å². The summed E-state index contributed by atoms with van der Waals surface area (Å²) in [6.07, 6.45) is -2.91. The number of halogens is 2. The van der Waals surface area contributed by atoms with Crippen molar-refractivity contribution in [2.24, 2.45) is 11.1 Å². The average molecular weight is 412 g/mol. The van der Waals surface area contributed by atoms with Crippen LogP contribution >= 0.6 is 0 Å². The fourth-order valence-corrected chi connectivity index (χ4v) is 2.74. The summed E-state index contributed by atoms with van der Waals surface area (Å²) in [7, 11) is 0. The molecule has 8 nitrogen and oxygen atoms in total. The van der Waals surface area contributed by atoms with Crippen LogP contribution in [0.2, 0.25) is 0 Å². The zero-order chi connectivity index (χ0) is 21.8. The number of nitrogens with one attached hydrogen (secondary N) is 2. The summed E-state index contributed by atoms with van der Waals surface area (Å²) in [5.41, 5.74) is 4.72. The standard InChI is InChI=1S/C19H26F2N4O4/c1-19(2,3)10-23-15(17(22)27)18(28)24-13-5-4-11(8-12(13)16(20)21)25-6-7-29-9-14(25)26/h4-5,8,15-16,23H,6-7,9-10H2,1-3H3,(H2,22,27)(H,24,28)/t15-/m1/s1. The van der Waals surface area contributed by atoms with Gasteiger partial charge >= 0.3 is 0 Å². The van der Waals surface area contributed by atoms with E-state index in [4.69, 9.17) is 10.5 Å². The van der Waals surface area contributed by atoms with Crippen LogP contribution in [0.3, 0.4) is 0 Å². The summed E-state index contributed by atoms with van der Waals surface area (Å²) in [5.74, 6) is -2.09. The van der Waals surface area contributed by atoms with E-state index in [0.717, 1.165) is 6.07 Å². The number of nitrogens with zero attached hydrogens (tertiary/aromatic N) is 1. The molecule has 2 rings (SSSR count). The van der Waals surface area contributed by atoms with E-state index < -0.39 is 29.8 Å². The zero-order valence-corrected chi connectivity index (χ0v) is 16.6. The molecule has 1 aromatic carbocycles. The van der Waals surface area contributed by atoms with E-state index in [-0.39, 0.29) is 35.8 Å². The molecule has 0 saturated carbocycles. The first-order valence-corrected chi connectivity index (χ1v) is 9.13. The molecular formula is C19H26F2N4O4. The van der Waals surface area contributed by atoms with Gasteiger partial charge in [-0.2, -0.15) is 0 Å². The third-order valence-corrected chi connectivity index (χ3v) is 4.21. The van der Waals surface area contributed by atoms with Crippen LogP contribution in [-0.2, 0) is 19.1 Å². The molecule has 1 aliphatic rings. The lowest BCUT2D eigenvalue weighted by Gasteiger charge is -2.28. The molecule has 0 bridgehead atoms.